The lowest BCUT2D eigenvalue weighted by Crippen LogP contribution is -2.14. The molecule has 0 fully saturated rings. The summed E-state index contributed by atoms with van der Waals surface area (Å²) in [5.41, 5.74) is 3.17. The zero-order chi connectivity index (χ0) is 15.2. The summed E-state index contributed by atoms with van der Waals surface area (Å²) in [7, 11) is 0. The molecule has 0 bridgehead atoms. The molecule has 3 heteroatoms. The average molecular weight is 283 g/mol. The van der Waals surface area contributed by atoms with Crippen LogP contribution in [0.5, 0.6) is 0 Å². The van der Waals surface area contributed by atoms with Gasteiger partial charge in [0.15, 0.2) is 0 Å². The first kappa shape index (κ1) is 15.1. The van der Waals surface area contributed by atoms with Gasteiger partial charge in [-0.2, -0.15) is 0 Å². The van der Waals surface area contributed by atoms with Crippen molar-refractivity contribution >= 4 is 11.7 Å². The van der Waals surface area contributed by atoms with Gasteiger partial charge in [-0.1, -0.05) is 55.8 Å². The Balaban J connectivity index is 2.36. The molecule has 1 atom stereocenters. The Kier molecular flexibility index (Phi) is 4.99. The number of aromatic carboxylic acids is 1. The van der Waals surface area contributed by atoms with Crippen molar-refractivity contribution < 1.29 is 9.90 Å². The molecule has 2 rings (SSSR count). The summed E-state index contributed by atoms with van der Waals surface area (Å²) < 4.78 is 0. The number of para-hydroxylation sites is 1. The summed E-state index contributed by atoms with van der Waals surface area (Å²) in [5.74, 6) is -0.899. The van der Waals surface area contributed by atoms with E-state index >= 15 is 0 Å². The van der Waals surface area contributed by atoms with Gasteiger partial charge in [0.05, 0.1) is 17.3 Å². The van der Waals surface area contributed by atoms with E-state index in [1.165, 1.54) is 5.56 Å². The van der Waals surface area contributed by atoms with Gasteiger partial charge >= 0.3 is 5.97 Å². The van der Waals surface area contributed by atoms with E-state index in [0.29, 0.717) is 11.3 Å². The molecule has 3 nitrogen and oxygen atoms in total. The first-order chi connectivity index (χ1) is 10.1. The summed E-state index contributed by atoms with van der Waals surface area (Å²) in [5, 5.41) is 12.8. The lowest BCUT2D eigenvalue weighted by molar-refractivity contribution is 0.0698. The van der Waals surface area contributed by atoms with Crippen molar-refractivity contribution in [1.82, 2.24) is 0 Å². The van der Waals surface area contributed by atoms with Crippen LogP contribution in [0, 0.1) is 6.92 Å². The number of carboxylic acids is 1. The minimum absolute atomic E-state index is 0.121. The van der Waals surface area contributed by atoms with Crippen LogP contribution in [0.15, 0.2) is 48.5 Å². The third-order valence-corrected chi connectivity index (χ3v) is 3.60. The predicted octanol–water partition coefficient (Wildman–Crippen LogP) is 4.65. The second kappa shape index (κ2) is 6.93. The van der Waals surface area contributed by atoms with E-state index in [9.17, 15) is 9.90 Å². The van der Waals surface area contributed by atoms with Gasteiger partial charge in [-0.3, -0.25) is 0 Å². The minimum Gasteiger partial charge on any atom is -0.478 e. The number of benzene rings is 2. The Morgan fingerprint density at radius 3 is 2.48 bits per heavy atom. The third kappa shape index (κ3) is 3.63. The zero-order valence-corrected chi connectivity index (χ0v) is 12.5. The van der Waals surface area contributed by atoms with E-state index in [1.807, 2.05) is 31.2 Å². The van der Waals surface area contributed by atoms with Gasteiger partial charge in [-0.25, -0.2) is 4.79 Å². The van der Waals surface area contributed by atoms with Crippen molar-refractivity contribution in [2.75, 3.05) is 5.32 Å². The predicted molar refractivity (Wildman–Crippen MR) is 85.9 cm³/mol. The first-order valence-corrected chi connectivity index (χ1v) is 7.28. The number of hydrogen-bond acceptors (Lipinski definition) is 2. The highest BCUT2D eigenvalue weighted by Crippen LogP contribution is 2.28. The van der Waals surface area contributed by atoms with Crippen molar-refractivity contribution in [1.29, 1.82) is 0 Å². The standard InChI is InChI=1S/C18H21NO2/c1-3-8-16(14-10-5-4-6-11-14)19-17-13(2)9-7-12-15(17)18(20)21/h4-7,9-12,16,19H,3,8H2,1-2H3,(H,20,21). The fourth-order valence-electron chi connectivity index (χ4n) is 2.51. The molecular weight excluding hydrogens is 262 g/mol. The van der Waals surface area contributed by atoms with Crippen LogP contribution in [0.1, 0.15) is 47.3 Å². The quantitative estimate of drug-likeness (QED) is 0.811. The Hall–Kier alpha value is -2.29. The first-order valence-electron chi connectivity index (χ1n) is 7.28. The highest BCUT2D eigenvalue weighted by atomic mass is 16.4. The second-order valence-corrected chi connectivity index (χ2v) is 5.20. The molecule has 0 aromatic heterocycles. The Morgan fingerprint density at radius 2 is 1.86 bits per heavy atom. The fourth-order valence-corrected chi connectivity index (χ4v) is 2.51. The number of carbonyl (C=O) groups is 1. The summed E-state index contributed by atoms with van der Waals surface area (Å²) >= 11 is 0. The monoisotopic (exact) mass is 283 g/mol. The largest absolute Gasteiger partial charge is 0.478 e. The molecule has 2 aromatic rings. The van der Waals surface area contributed by atoms with Crippen LogP contribution in [-0.4, -0.2) is 11.1 Å². The van der Waals surface area contributed by atoms with E-state index in [-0.39, 0.29) is 6.04 Å². The smallest absolute Gasteiger partial charge is 0.337 e. The van der Waals surface area contributed by atoms with E-state index in [2.05, 4.69) is 24.4 Å². The zero-order valence-electron chi connectivity index (χ0n) is 12.5. The van der Waals surface area contributed by atoms with Gasteiger partial charge < -0.3 is 10.4 Å². The third-order valence-electron chi connectivity index (χ3n) is 3.60. The molecule has 0 saturated carbocycles. The molecule has 0 spiro atoms. The molecule has 2 aromatic carbocycles. The van der Waals surface area contributed by atoms with Gasteiger partial charge in [0.2, 0.25) is 0 Å². The van der Waals surface area contributed by atoms with Crippen LogP contribution in [-0.2, 0) is 0 Å². The molecule has 0 saturated heterocycles. The van der Waals surface area contributed by atoms with Gasteiger partial charge in [0, 0.05) is 0 Å². The molecule has 0 heterocycles. The van der Waals surface area contributed by atoms with Crippen molar-refractivity contribution in [2.24, 2.45) is 0 Å². The van der Waals surface area contributed by atoms with E-state index in [0.717, 1.165) is 18.4 Å². The molecule has 1 unspecified atom stereocenters. The van der Waals surface area contributed by atoms with E-state index in [4.69, 9.17) is 0 Å². The number of carboxylic acid groups (broad SMARTS) is 1. The fraction of sp³-hybridized carbons (Fsp3) is 0.278. The Labute approximate surface area is 125 Å². The van der Waals surface area contributed by atoms with E-state index in [1.54, 1.807) is 12.1 Å². The molecule has 0 radical (unpaired) electrons. The second-order valence-electron chi connectivity index (χ2n) is 5.20. The molecule has 0 amide bonds. The van der Waals surface area contributed by atoms with Gasteiger partial charge in [-0.15, -0.1) is 0 Å². The molecule has 0 aliphatic carbocycles. The Morgan fingerprint density at radius 1 is 1.14 bits per heavy atom. The van der Waals surface area contributed by atoms with Crippen molar-refractivity contribution in [2.45, 2.75) is 32.7 Å². The normalized spacial score (nSPS) is 11.9. The van der Waals surface area contributed by atoms with Gasteiger partial charge in [0.25, 0.3) is 0 Å². The maximum atomic E-state index is 11.4. The van der Waals surface area contributed by atoms with Crippen molar-refractivity contribution in [3.63, 3.8) is 0 Å². The topological polar surface area (TPSA) is 49.3 Å². The Bertz CT molecular complexity index is 608. The molecule has 0 aliphatic rings. The number of anilines is 1. The van der Waals surface area contributed by atoms with Crippen molar-refractivity contribution in [3.8, 4) is 0 Å². The maximum absolute atomic E-state index is 11.4. The highest BCUT2D eigenvalue weighted by molar-refractivity contribution is 5.95. The summed E-state index contributed by atoms with van der Waals surface area (Å²) in [6.45, 7) is 4.07. The molecule has 21 heavy (non-hydrogen) atoms. The molecule has 0 aliphatic heterocycles. The molecular formula is C18H21NO2. The number of rotatable bonds is 6. The van der Waals surface area contributed by atoms with Crippen LogP contribution in [0.4, 0.5) is 5.69 Å². The maximum Gasteiger partial charge on any atom is 0.337 e. The summed E-state index contributed by atoms with van der Waals surface area (Å²) in [6, 6.07) is 15.6. The average Bonchev–Trinajstić information content (AvgIpc) is 2.49. The van der Waals surface area contributed by atoms with Crippen LogP contribution in [0.3, 0.4) is 0 Å². The van der Waals surface area contributed by atoms with Crippen LogP contribution < -0.4 is 5.32 Å². The SMILES string of the molecule is CCCC(Nc1c(C)cccc1C(=O)O)c1ccccc1. The highest BCUT2D eigenvalue weighted by Gasteiger charge is 2.16. The summed E-state index contributed by atoms with van der Waals surface area (Å²) in [4.78, 5) is 11.4. The molecule has 2 N–H and O–H groups in total. The van der Waals surface area contributed by atoms with Gasteiger partial charge in [0.1, 0.15) is 0 Å². The van der Waals surface area contributed by atoms with Crippen LogP contribution >= 0.6 is 0 Å². The molecule has 110 valence electrons. The summed E-state index contributed by atoms with van der Waals surface area (Å²) in [6.07, 6.45) is 1.98. The lowest BCUT2D eigenvalue weighted by Gasteiger charge is -2.22. The van der Waals surface area contributed by atoms with E-state index < -0.39 is 5.97 Å². The van der Waals surface area contributed by atoms with Crippen molar-refractivity contribution in [3.05, 3.63) is 65.2 Å². The van der Waals surface area contributed by atoms with Crippen LogP contribution in [0.25, 0.3) is 0 Å². The minimum atomic E-state index is -0.899. The number of nitrogens with one attached hydrogen (secondary N) is 1. The lowest BCUT2D eigenvalue weighted by atomic mass is 10.00. The van der Waals surface area contributed by atoms with Crippen LogP contribution in [0.2, 0.25) is 0 Å². The van der Waals surface area contributed by atoms with Gasteiger partial charge in [-0.05, 0) is 30.5 Å². The number of aryl methyl sites for hydroxylation is 1. The number of hydrogen-bond donors (Lipinski definition) is 2.